The van der Waals surface area contributed by atoms with Gasteiger partial charge in [-0.3, -0.25) is 0 Å². The maximum Gasteiger partial charge on any atom is 0.328 e. The number of nitrogens with zero attached hydrogens (tertiary/aromatic N) is 2. The molecule has 0 saturated carbocycles. The highest BCUT2D eigenvalue weighted by Crippen LogP contribution is 2.22. The van der Waals surface area contributed by atoms with Crippen LogP contribution in [-0.4, -0.2) is 36.7 Å². The van der Waals surface area contributed by atoms with Crippen LogP contribution in [0, 0.1) is 11.3 Å². The van der Waals surface area contributed by atoms with Gasteiger partial charge >= 0.3 is 5.97 Å². The van der Waals surface area contributed by atoms with E-state index in [1.165, 1.54) is 6.08 Å². The summed E-state index contributed by atoms with van der Waals surface area (Å²) in [5.41, 5.74) is 1.76. The van der Waals surface area contributed by atoms with Crippen LogP contribution in [0.5, 0.6) is 5.75 Å². The number of hydrogen-bond acceptors (Lipinski definition) is 4. The minimum absolute atomic E-state index is 0.485. The Morgan fingerprint density at radius 2 is 2.30 bits per heavy atom. The Labute approximate surface area is 118 Å². The number of carbonyl (C=O) groups is 1. The Kier molecular flexibility index (Phi) is 6.27. The van der Waals surface area contributed by atoms with Crippen LogP contribution in [0.15, 0.2) is 24.3 Å². The van der Waals surface area contributed by atoms with Gasteiger partial charge in [-0.1, -0.05) is 6.07 Å². The smallest absolute Gasteiger partial charge is 0.328 e. The molecule has 20 heavy (non-hydrogen) atoms. The topological polar surface area (TPSA) is 73.6 Å². The van der Waals surface area contributed by atoms with Crippen LogP contribution in [0.1, 0.15) is 17.5 Å². The van der Waals surface area contributed by atoms with Gasteiger partial charge in [-0.15, -0.1) is 0 Å². The summed E-state index contributed by atoms with van der Waals surface area (Å²) in [6.07, 6.45) is 3.08. The number of methoxy groups -OCH3 is 1. The molecule has 0 aliphatic heterocycles. The van der Waals surface area contributed by atoms with E-state index in [0.29, 0.717) is 25.3 Å². The van der Waals surface area contributed by atoms with Crippen LogP contribution < -0.4 is 4.74 Å². The van der Waals surface area contributed by atoms with Crippen LogP contribution >= 0.6 is 0 Å². The van der Waals surface area contributed by atoms with Crippen LogP contribution in [-0.2, 0) is 11.3 Å². The minimum Gasteiger partial charge on any atom is -0.496 e. The third kappa shape index (κ3) is 5.12. The van der Waals surface area contributed by atoms with Gasteiger partial charge in [-0.05, 0) is 30.8 Å². The highest BCUT2D eigenvalue weighted by molar-refractivity contribution is 5.85. The number of benzene rings is 1. The first-order valence-electron chi connectivity index (χ1n) is 6.20. The molecule has 0 unspecified atom stereocenters. The molecule has 1 N–H and O–H groups in total. The number of rotatable bonds is 7. The first kappa shape index (κ1) is 15.7. The number of carboxylic acids is 1. The van der Waals surface area contributed by atoms with Gasteiger partial charge in [-0.25, -0.2) is 4.79 Å². The molecule has 0 atom stereocenters. The number of nitriles is 1. The summed E-state index contributed by atoms with van der Waals surface area (Å²) in [7, 11) is 3.49. The zero-order valence-corrected chi connectivity index (χ0v) is 11.7. The van der Waals surface area contributed by atoms with Crippen molar-refractivity contribution in [3.8, 4) is 11.8 Å². The van der Waals surface area contributed by atoms with Crippen molar-refractivity contribution in [3.63, 3.8) is 0 Å². The summed E-state index contributed by atoms with van der Waals surface area (Å²) in [5, 5.41) is 17.2. The Morgan fingerprint density at radius 3 is 2.90 bits per heavy atom. The summed E-state index contributed by atoms with van der Waals surface area (Å²) in [4.78, 5) is 12.6. The van der Waals surface area contributed by atoms with Gasteiger partial charge in [-0.2, -0.15) is 5.26 Å². The third-order valence-electron chi connectivity index (χ3n) is 2.76. The lowest BCUT2D eigenvalue weighted by Crippen LogP contribution is -2.18. The molecular formula is C15H18N2O3. The summed E-state index contributed by atoms with van der Waals surface area (Å²) in [5.74, 6) is -0.366. The van der Waals surface area contributed by atoms with E-state index in [1.807, 2.05) is 30.1 Å². The van der Waals surface area contributed by atoms with Crippen molar-refractivity contribution >= 4 is 12.0 Å². The molecule has 0 radical (unpaired) electrons. The van der Waals surface area contributed by atoms with Gasteiger partial charge in [0.2, 0.25) is 0 Å². The van der Waals surface area contributed by atoms with Crippen molar-refractivity contribution in [3.05, 3.63) is 35.4 Å². The van der Waals surface area contributed by atoms with E-state index in [9.17, 15) is 4.79 Å². The normalized spacial score (nSPS) is 10.7. The molecule has 1 aromatic carbocycles. The number of carboxylic acid groups (broad SMARTS) is 1. The van der Waals surface area contributed by atoms with E-state index in [2.05, 4.69) is 6.07 Å². The molecule has 0 spiro atoms. The molecule has 106 valence electrons. The van der Waals surface area contributed by atoms with Crippen LogP contribution in [0.25, 0.3) is 6.08 Å². The van der Waals surface area contributed by atoms with Gasteiger partial charge in [0.1, 0.15) is 5.75 Å². The molecule has 0 aliphatic rings. The molecule has 0 aliphatic carbocycles. The molecule has 0 fully saturated rings. The maximum atomic E-state index is 10.6. The SMILES string of the molecule is COc1ccc(CN(C)CCC#N)cc1C=CC(=O)O. The maximum absolute atomic E-state index is 10.6. The fraction of sp³-hybridized carbons (Fsp3) is 0.333. The quantitative estimate of drug-likeness (QED) is 0.771. The van der Waals surface area contributed by atoms with Gasteiger partial charge in [0.25, 0.3) is 0 Å². The predicted molar refractivity (Wildman–Crippen MR) is 76.2 cm³/mol. The van der Waals surface area contributed by atoms with Gasteiger partial charge in [0.05, 0.1) is 13.2 Å². The lowest BCUT2D eigenvalue weighted by atomic mass is 10.1. The Hall–Kier alpha value is -2.32. The third-order valence-corrected chi connectivity index (χ3v) is 2.76. The summed E-state index contributed by atoms with van der Waals surface area (Å²) >= 11 is 0. The van der Waals surface area contributed by atoms with E-state index in [4.69, 9.17) is 15.1 Å². The molecular weight excluding hydrogens is 256 g/mol. The lowest BCUT2D eigenvalue weighted by Gasteiger charge is -2.16. The van der Waals surface area contributed by atoms with Crippen molar-refractivity contribution in [1.29, 1.82) is 5.26 Å². The number of aliphatic carboxylic acids is 1. The predicted octanol–water partition coefficient (Wildman–Crippen LogP) is 2.14. The van der Waals surface area contributed by atoms with E-state index in [0.717, 1.165) is 17.2 Å². The first-order chi connectivity index (χ1) is 9.56. The highest BCUT2D eigenvalue weighted by atomic mass is 16.5. The molecule has 5 heteroatoms. The average Bonchev–Trinajstić information content (AvgIpc) is 2.43. The fourth-order valence-electron chi connectivity index (χ4n) is 1.81. The van der Waals surface area contributed by atoms with Gasteiger partial charge in [0, 0.05) is 31.1 Å². The van der Waals surface area contributed by atoms with Crippen LogP contribution in [0.3, 0.4) is 0 Å². The van der Waals surface area contributed by atoms with Crippen molar-refractivity contribution < 1.29 is 14.6 Å². The van der Waals surface area contributed by atoms with Crippen molar-refractivity contribution in [2.75, 3.05) is 20.7 Å². The van der Waals surface area contributed by atoms with Crippen molar-refractivity contribution in [2.45, 2.75) is 13.0 Å². The standard InChI is InChI=1S/C15H18N2O3/c1-17(9-3-8-16)11-12-4-6-14(20-2)13(10-12)5-7-15(18)19/h4-7,10H,3,9,11H2,1-2H3,(H,18,19). The Balaban J connectivity index is 2.86. The van der Waals surface area contributed by atoms with Crippen LogP contribution in [0.2, 0.25) is 0 Å². The largest absolute Gasteiger partial charge is 0.496 e. The molecule has 0 bridgehead atoms. The zero-order valence-electron chi connectivity index (χ0n) is 11.7. The van der Waals surface area contributed by atoms with E-state index in [1.54, 1.807) is 7.11 Å². The minimum atomic E-state index is -0.997. The number of hydrogen-bond donors (Lipinski definition) is 1. The average molecular weight is 274 g/mol. The van der Waals surface area contributed by atoms with Crippen molar-refractivity contribution in [2.24, 2.45) is 0 Å². The fourth-order valence-corrected chi connectivity index (χ4v) is 1.81. The van der Waals surface area contributed by atoms with Gasteiger partial charge < -0.3 is 14.7 Å². The summed E-state index contributed by atoms with van der Waals surface area (Å²) in [6, 6.07) is 7.74. The first-order valence-corrected chi connectivity index (χ1v) is 6.20. The lowest BCUT2D eigenvalue weighted by molar-refractivity contribution is -0.131. The second kappa shape index (κ2) is 7.97. The summed E-state index contributed by atoms with van der Waals surface area (Å²) in [6.45, 7) is 1.39. The Morgan fingerprint density at radius 1 is 1.55 bits per heavy atom. The van der Waals surface area contributed by atoms with Crippen molar-refractivity contribution in [1.82, 2.24) is 4.90 Å². The van der Waals surface area contributed by atoms with Crippen LogP contribution in [0.4, 0.5) is 0 Å². The summed E-state index contributed by atoms with van der Waals surface area (Å²) < 4.78 is 5.20. The molecule has 1 rings (SSSR count). The highest BCUT2D eigenvalue weighted by Gasteiger charge is 2.05. The molecule has 0 saturated heterocycles. The molecule has 0 amide bonds. The Bertz CT molecular complexity index is 532. The molecule has 1 aromatic rings. The monoisotopic (exact) mass is 274 g/mol. The second-order valence-corrected chi connectivity index (χ2v) is 4.39. The van der Waals surface area contributed by atoms with E-state index < -0.39 is 5.97 Å². The second-order valence-electron chi connectivity index (χ2n) is 4.39. The van der Waals surface area contributed by atoms with E-state index >= 15 is 0 Å². The van der Waals surface area contributed by atoms with E-state index in [-0.39, 0.29) is 0 Å². The molecule has 0 heterocycles. The molecule has 5 nitrogen and oxygen atoms in total. The zero-order chi connectivity index (χ0) is 15.0. The van der Waals surface area contributed by atoms with Gasteiger partial charge in [0.15, 0.2) is 0 Å². The molecule has 0 aromatic heterocycles. The number of ether oxygens (including phenoxy) is 1.